The Hall–Kier alpha value is -1.80. The molecule has 1 saturated heterocycles. The van der Waals surface area contributed by atoms with Gasteiger partial charge in [0.15, 0.2) is 5.96 Å². The number of nitrogens with one attached hydrogen (secondary N) is 2. The zero-order valence-corrected chi connectivity index (χ0v) is 18.8. The monoisotopic (exact) mass is 433 g/mol. The molecule has 1 aromatic carbocycles. The van der Waals surface area contributed by atoms with E-state index in [0.29, 0.717) is 12.6 Å². The number of anilines is 1. The van der Waals surface area contributed by atoms with E-state index >= 15 is 0 Å². The van der Waals surface area contributed by atoms with Gasteiger partial charge >= 0.3 is 0 Å². The average Bonchev–Trinajstić information content (AvgIpc) is 3.48. The fraction of sp³-hybridized carbons (Fsp3) is 0.682. The minimum absolute atomic E-state index is 0.0246. The van der Waals surface area contributed by atoms with Gasteiger partial charge < -0.3 is 10.6 Å². The Morgan fingerprint density at radius 2 is 1.97 bits per heavy atom. The molecule has 30 heavy (non-hydrogen) atoms. The predicted octanol–water partition coefficient (Wildman–Crippen LogP) is 1.95. The summed E-state index contributed by atoms with van der Waals surface area (Å²) in [6.07, 6.45) is 7.28. The summed E-state index contributed by atoms with van der Waals surface area (Å²) in [5, 5.41) is 6.81. The standard InChI is InChI=1S/C22H35N5O2S/c1-2-23-22(25-19-12-14-26(17-19)20-8-4-5-9-20)24-13-16-30(28,29)27-15-11-18-7-3-6-10-21(18)27/h3,6-7,10,19-20H,2,4-5,8-9,11-17H2,1H3,(H2,23,24,25). The molecule has 8 heteroatoms. The van der Waals surface area contributed by atoms with Gasteiger partial charge in [-0.2, -0.15) is 0 Å². The van der Waals surface area contributed by atoms with Crippen LogP contribution in [0.25, 0.3) is 0 Å². The summed E-state index contributed by atoms with van der Waals surface area (Å²) in [4.78, 5) is 7.20. The maximum absolute atomic E-state index is 12.9. The third-order valence-corrected chi connectivity index (χ3v) is 8.29. The lowest BCUT2D eigenvalue weighted by atomic mass is 10.2. The first kappa shape index (κ1) is 21.4. The molecule has 0 radical (unpaired) electrons. The molecule has 0 amide bonds. The molecule has 2 heterocycles. The van der Waals surface area contributed by atoms with Gasteiger partial charge in [0.1, 0.15) is 0 Å². The van der Waals surface area contributed by atoms with Crippen LogP contribution >= 0.6 is 0 Å². The van der Waals surface area contributed by atoms with E-state index in [-0.39, 0.29) is 12.3 Å². The zero-order valence-electron chi connectivity index (χ0n) is 18.0. The molecular weight excluding hydrogens is 398 g/mol. The zero-order chi connectivity index (χ0) is 21.0. The second kappa shape index (κ2) is 9.56. The average molecular weight is 434 g/mol. The van der Waals surface area contributed by atoms with Crippen molar-refractivity contribution in [3.8, 4) is 0 Å². The number of aliphatic imine (C=N–C) groups is 1. The van der Waals surface area contributed by atoms with Crippen LogP contribution in [0.5, 0.6) is 0 Å². The van der Waals surface area contributed by atoms with Crippen LogP contribution in [0.3, 0.4) is 0 Å². The topological polar surface area (TPSA) is 77.0 Å². The number of para-hydroxylation sites is 1. The number of rotatable bonds is 7. The van der Waals surface area contributed by atoms with E-state index in [1.807, 2.05) is 31.2 Å². The lowest BCUT2D eigenvalue weighted by Crippen LogP contribution is -2.45. The minimum atomic E-state index is -3.37. The van der Waals surface area contributed by atoms with Gasteiger partial charge in [-0.3, -0.25) is 14.2 Å². The van der Waals surface area contributed by atoms with Crippen molar-refractivity contribution < 1.29 is 8.42 Å². The number of hydrogen-bond donors (Lipinski definition) is 2. The molecular formula is C22H35N5O2S. The third-order valence-electron chi connectivity index (χ3n) is 6.55. The second-order valence-corrected chi connectivity index (χ2v) is 10.6. The van der Waals surface area contributed by atoms with Crippen LogP contribution in [-0.2, 0) is 16.4 Å². The number of fused-ring (bicyclic) bond motifs is 1. The van der Waals surface area contributed by atoms with Gasteiger partial charge in [0.25, 0.3) is 0 Å². The van der Waals surface area contributed by atoms with Crippen molar-refractivity contribution in [1.29, 1.82) is 0 Å². The van der Waals surface area contributed by atoms with Crippen molar-refractivity contribution in [3.05, 3.63) is 29.8 Å². The van der Waals surface area contributed by atoms with E-state index in [1.54, 1.807) is 4.31 Å². The van der Waals surface area contributed by atoms with Crippen molar-refractivity contribution >= 4 is 21.7 Å². The molecule has 2 N–H and O–H groups in total. The number of hydrogen-bond acceptors (Lipinski definition) is 4. The molecule has 4 rings (SSSR count). The highest BCUT2D eigenvalue weighted by Gasteiger charge is 2.31. The summed E-state index contributed by atoms with van der Waals surface area (Å²) in [6.45, 7) is 5.78. The Morgan fingerprint density at radius 1 is 1.17 bits per heavy atom. The maximum atomic E-state index is 12.9. The van der Waals surface area contributed by atoms with E-state index in [4.69, 9.17) is 0 Å². The van der Waals surface area contributed by atoms with Gasteiger partial charge in [-0.05, 0) is 44.2 Å². The van der Waals surface area contributed by atoms with Crippen LogP contribution in [0, 0.1) is 0 Å². The largest absolute Gasteiger partial charge is 0.357 e. The van der Waals surface area contributed by atoms with Crippen molar-refractivity contribution in [1.82, 2.24) is 15.5 Å². The first-order valence-corrected chi connectivity index (χ1v) is 13.0. The van der Waals surface area contributed by atoms with Gasteiger partial charge in [0.2, 0.25) is 10.0 Å². The number of nitrogens with zero attached hydrogens (tertiary/aromatic N) is 3. The van der Waals surface area contributed by atoms with Crippen LogP contribution in [0.1, 0.15) is 44.6 Å². The highest BCUT2D eigenvalue weighted by Crippen LogP contribution is 2.30. The number of sulfonamides is 1. The van der Waals surface area contributed by atoms with Gasteiger partial charge in [-0.15, -0.1) is 0 Å². The number of guanidine groups is 1. The number of benzene rings is 1. The smallest absolute Gasteiger partial charge is 0.237 e. The van der Waals surface area contributed by atoms with Crippen molar-refractivity contribution in [2.24, 2.45) is 4.99 Å². The van der Waals surface area contributed by atoms with E-state index in [1.165, 1.54) is 25.7 Å². The normalized spacial score (nSPS) is 23.2. The lowest BCUT2D eigenvalue weighted by Gasteiger charge is -2.24. The molecule has 7 nitrogen and oxygen atoms in total. The first-order valence-electron chi connectivity index (χ1n) is 11.4. The molecule has 166 valence electrons. The van der Waals surface area contributed by atoms with Crippen LogP contribution in [0.15, 0.2) is 29.3 Å². The first-order chi connectivity index (χ1) is 14.6. The molecule has 2 fully saturated rings. The Labute approximate surface area is 181 Å². The Bertz CT molecular complexity index is 851. The van der Waals surface area contributed by atoms with E-state index < -0.39 is 10.0 Å². The summed E-state index contributed by atoms with van der Waals surface area (Å²) >= 11 is 0. The molecule has 0 bridgehead atoms. The van der Waals surface area contributed by atoms with Crippen LogP contribution < -0.4 is 14.9 Å². The van der Waals surface area contributed by atoms with Gasteiger partial charge in [0.05, 0.1) is 18.0 Å². The van der Waals surface area contributed by atoms with E-state index in [2.05, 4.69) is 20.5 Å². The van der Waals surface area contributed by atoms with Crippen LogP contribution in [-0.4, -0.2) is 69.8 Å². The molecule has 1 atom stereocenters. The summed E-state index contributed by atoms with van der Waals surface area (Å²) in [6, 6.07) is 8.90. The van der Waals surface area contributed by atoms with E-state index in [9.17, 15) is 8.42 Å². The molecule has 1 aliphatic carbocycles. The molecule has 1 aromatic rings. The number of likely N-dealkylation sites (tertiary alicyclic amines) is 1. The van der Waals surface area contributed by atoms with Gasteiger partial charge in [-0.25, -0.2) is 8.42 Å². The molecule has 2 aliphatic heterocycles. The molecule has 1 saturated carbocycles. The lowest BCUT2D eigenvalue weighted by molar-refractivity contribution is 0.242. The fourth-order valence-electron chi connectivity index (χ4n) is 5.00. The summed E-state index contributed by atoms with van der Waals surface area (Å²) in [7, 11) is -3.37. The van der Waals surface area contributed by atoms with Crippen LogP contribution in [0.2, 0.25) is 0 Å². The maximum Gasteiger partial charge on any atom is 0.237 e. The third kappa shape index (κ3) is 4.91. The van der Waals surface area contributed by atoms with Crippen molar-refractivity contribution in [3.63, 3.8) is 0 Å². The highest BCUT2D eigenvalue weighted by atomic mass is 32.2. The van der Waals surface area contributed by atoms with Crippen molar-refractivity contribution in [2.45, 2.75) is 57.5 Å². The quantitative estimate of drug-likeness (QED) is 0.508. The molecule has 3 aliphatic rings. The van der Waals surface area contributed by atoms with Gasteiger partial charge in [0, 0.05) is 38.3 Å². The molecule has 0 spiro atoms. The van der Waals surface area contributed by atoms with Gasteiger partial charge in [-0.1, -0.05) is 31.0 Å². The Morgan fingerprint density at radius 3 is 2.77 bits per heavy atom. The van der Waals surface area contributed by atoms with Crippen molar-refractivity contribution in [2.75, 3.05) is 42.8 Å². The predicted molar refractivity (Wildman–Crippen MR) is 123 cm³/mol. The SMILES string of the molecule is CCNC(=NCCS(=O)(=O)N1CCc2ccccc21)NC1CCN(C2CCCC2)C1. The van der Waals surface area contributed by atoms with Crippen LogP contribution in [0.4, 0.5) is 5.69 Å². The fourth-order valence-corrected chi connectivity index (χ4v) is 6.39. The summed E-state index contributed by atoms with van der Waals surface area (Å²) < 4.78 is 27.3. The second-order valence-electron chi connectivity index (χ2n) is 8.59. The minimum Gasteiger partial charge on any atom is -0.357 e. The summed E-state index contributed by atoms with van der Waals surface area (Å²) in [5.41, 5.74) is 1.93. The Kier molecular flexibility index (Phi) is 6.83. The highest BCUT2D eigenvalue weighted by molar-refractivity contribution is 7.92. The Balaban J connectivity index is 1.32. The molecule has 0 aromatic heterocycles. The molecule has 1 unspecified atom stereocenters. The van der Waals surface area contributed by atoms with E-state index in [0.717, 1.165) is 55.7 Å². The summed E-state index contributed by atoms with van der Waals surface area (Å²) in [5.74, 6) is 0.754.